The van der Waals surface area contributed by atoms with Crippen LogP contribution < -0.4 is 0 Å². The molecule has 5 nitrogen and oxygen atoms in total. The van der Waals surface area contributed by atoms with E-state index in [4.69, 9.17) is 0 Å². The van der Waals surface area contributed by atoms with Gasteiger partial charge in [0.2, 0.25) is 5.78 Å². The van der Waals surface area contributed by atoms with Crippen molar-refractivity contribution in [2.45, 2.75) is 37.6 Å². The van der Waals surface area contributed by atoms with E-state index in [-0.39, 0.29) is 31.4 Å². The number of ketones is 2. The maximum atomic E-state index is 12.2. The summed E-state index contributed by atoms with van der Waals surface area (Å²) in [7, 11) is -5.68. The summed E-state index contributed by atoms with van der Waals surface area (Å²) in [5, 5.41) is 0. The van der Waals surface area contributed by atoms with E-state index in [0.29, 0.717) is 6.42 Å². The summed E-state index contributed by atoms with van der Waals surface area (Å²) in [5.41, 5.74) is -6.37. The maximum absolute atomic E-state index is 12.2. The van der Waals surface area contributed by atoms with Gasteiger partial charge in [0.1, 0.15) is 5.76 Å². The predicted molar refractivity (Wildman–Crippen MR) is 59.7 cm³/mol. The molecule has 1 atom stereocenters. The Morgan fingerprint density at radius 1 is 1.15 bits per heavy atom. The summed E-state index contributed by atoms with van der Waals surface area (Å²) in [4.78, 5) is 23.0. The summed E-state index contributed by atoms with van der Waals surface area (Å²) < 4.78 is 62.2. The van der Waals surface area contributed by atoms with Crippen LogP contribution in [0.5, 0.6) is 0 Å². The van der Waals surface area contributed by atoms with Gasteiger partial charge in [0.05, 0.1) is 0 Å². The van der Waals surface area contributed by atoms with Crippen LogP contribution in [-0.2, 0) is 23.9 Å². The van der Waals surface area contributed by atoms with Gasteiger partial charge in [0, 0.05) is 18.3 Å². The second kappa shape index (κ2) is 4.57. The lowest BCUT2D eigenvalue weighted by atomic mass is 9.74. The fraction of sp³-hybridized carbons (Fsp3) is 0.636. The van der Waals surface area contributed by atoms with Crippen LogP contribution in [0.3, 0.4) is 0 Å². The first-order valence-electron chi connectivity index (χ1n) is 5.85. The van der Waals surface area contributed by atoms with E-state index in [9.17, 15) is 31.2 Å². The highest BCUT2D eigenvalue weighted by atomic mass is 32.2. The first-order chi connectivity index (χ1) is 9.07. The molecule has 0 aromatic rings. The number of alkyl halides is 3. The number of allylic oxidation sites excluding steroid dienone is 2. The molecule has 0 radical (unpaired) electrons. The van der Waals surface area contributed by atoms with Crippen molar-refractivity contribution in [1.29, 1.82) is 0 Å². The molecule has 2 aliphatic carbocycles. The van der Waals surface area contributed by atoms with Crippen LogP contribution in [0.25, 0.3) is 0 Å². The molecule has 0 aromatic carbocycles. The zero-order valence-electron chi connectivity index (χ0n) is 10.2. The summed E-state index contributed by atoms with van der Waals surface area (Å²) in [6, 6.07) is 0. The summed E-state index contributed by atoms with van der Waals surface area (Å²) in [6.45, 7) is 0. The second-order valence-electron chi connectivity index (χ2n) is 4.89. The Morgan fingerprint density at radius 3 is 2.15 bits per heavy atom. The smallest absolute Gasteiger partial charge is 0.381 e. The van der Waals surface area contributed by atoms with Crippen LogP contribution >= 0.6 is 0 Å². The Balaban J connectivity index is 2.12. The molecule has 2 rings (SSSR count). The molecular weight excluding hydrogens is 301 g/mol. The van der Waals surface area contributed by atoms with Crippen LogP contribution in [0.4, 0.5) is 13.2 Å². The molecule has 20 heavy (non-hydrogen) atoms. The summed E-state index contributed by atoms with van der Waals surface area (Å²) in [5.74, 6) is -1.34. The van der Waals surface area contributed by atoms with E-state index in [1.54, 1.807) is 0 Å². The van der Waals surface area contributed by atoms with Crippen molar-refractivity contribution in [1.82, 2.24) is 0 Å². The molecule has 1 fully saturated rings. The minimum atomic E-state index is -5.68. The Hall–Kier alpha value is -1.38. The lowest BCUT2D eigenvalue weighted by Crippen LogP contribution is -2.32. The fourth-order valence-corrected chi connectivity index (χ4v) is 2.98. The molecule has 112 valence electrons. The monoisotopic (exact) mass is 312 g/mol. The second-order valence-corrected chi connectivity index (χ2v) is 6.43. The fourth-order valence-electron chi connectivity index (χ4n) is 2.45. The number of hydrogen-bond donors (Lipinski definition) is 0. The lowest BCUT2D eigenvalue weighted by molar-refractivity contribution is -0.138. The first-order valence-corrected chi connectivity index (χ1v) is 7.26. The average Bonchev–Trinajstić information content (AvgIpc) is 2.60. The average molecular weight is 312 g/mol. The SMILES string of the molecule is O=C1CCC2(CC=C(OS(=O)(=O)C(F)(F)F)CC2)C1=O. The van der Waals surface area contributed by atoms with Gasteiger partial charge in [-0.1, -0.05) is 0 Å². The largest absolute Gasteiger partial charge is 0.534 e. The van der Waals surface area contributed by atoms with E-state index >= 15 is 0 Å². The number of Topliss-reactive ketones (excluding diaryl/α,β-unsaturated/α-hetero) is 2. The van der Waals surface area contributed by atoms with Gasteiger partial charge >= 0.3 is 15.6 Å². The number of carbonyl (C=O) groups excluding carboxylic acids is 2. The van der Waals surface area contributed by atoms with Crippen molar-refractivity contribution >= 4 is 21.7 Å². The molecule has 0 aliphatic heterocycles. The minimum absolute atomic E-state index is 0.0281. The van der Waals surface area contributed by atoms with Crippen molar-refractivity contribution in [3.8, 4) is 0 Å². The number of halogens is 3. The first kappa shape index (κ1) is 15.0. The maximum Gasteiger partial charge on any atom is 0.534 e. The van der Waals surface area contributed by atoms with E-state index in [1.165, 1.54) is 0 Å². The van der Waals surface area contributed by atoms with E-state index in [0.717, 1.165) is 6.08 Å². The molecule has 0 saturated heterocycles. The molecule has 1 saturated carbocycles. The zero-order chi connectivity index (χ0) is 15.2. The molecule has 1 unspecified atom stereocenters. The Labute approximate surface area is 112 Å². The van der Waals surface area contributed by atoms with Gasteiger partial charge in [-0.25, -0.2) is 0 Å². The highest BCUT2D eigenvalue weighted by molar-refractivity contribution is 7.87. The third kappa shape index (κ3) is 2.46. The van der Waals surface area contributed by atoms with E-state index in [1.807, 2.05) is 0 Å². The normalized spacial score (nSPS) is 27.9. The molecule has 0 heterocycles. The quantitative estimate of drug-likeness (QED) is 0.442. The molecule has 1 spiro atoms. The van der Waals surface area contributed by atoms with Gasteiger partial charge in [0.25, 0.3) is 0 Å². The molecular formula is C11H11F3O5S. The Morgan fingerprint density at radius 2 is 1.75 bits per heavy atom. The molecule has 2 aliphatic rings. The van der Waals surface area contributed by atoms with Crippen LogP contribution in [0.1, 0.15) is 32.1 Å². The van der Waals surface area contributed by atoms with Crippen LogP contribution in [0.2, 0.25) is 0 Å². The summed E-state index contributed by atoms with van der Waals surface area (Å²) >= 11 is 0. The molecule has 0 amide bonds. The van der Waals surface area contributed by atoms with Crippen molar-refractivity contribution in [2.24, 2.45) is 5.41 Å². The standard InChI is InChI=1S/C11H11F3O5S/c12-11(13,14)20(17,18)19-7-1-4-10(5-2-7)6-3-8(15)9(10)16/h1H,2-6H2. The lowest BCUT2D eigenvalue weighted by Gasteiger charge is -2.29. The predicted octanol–water partition coefficient (Wildman–Crippen LogP) is 1.84. The van der Waals surface area contributed by atoms with Crippen LogP contribution in [0, 0.1) is 5.41 Å². The Kier molecular flexibility index (Phi) is 3.43. The van der Waals surface area contributed by atoms with Crippen molar-refractivity contribution in [2.75, 3.05) is 0 Å². The molecule has 0 bridgehead atoms. The number of hydrogen-bond acceptors (Lipinski definition) is 5. The van der Waals surface area contributed by atoms with Gasteiger partial charge in [-0.05, 0) is 25.3 Å². The van der Waals surface area contributed by atoms with Crippen molar-refractivity contribution in [3.63, 3.8) is 0 Å². The van der Waals surface area contributed by atoms with Gasteiger partial charge in [-0.2, -0.15) is 21.6 Å². The topological polar surface area (TPSA) is 77.5 Å². The molecule has 0 aromatic heterocycles. The van der Waals surface area contributed by atoms with E-state index in [2.05, 4.69) is 4.18 Å². The molecule has 0 N–H and O–H groups in total. The van der Waals surface area contributed by atoms with Gasteiger partial charge in [-0.3, -0.25) is 9.59 Å². The Bertz CT molecular complexity index is 590. The summed E-state index contributed by atoms with van der Waals surface area (Å²) in [6.07, 6.45) is 1.67. The third-order valence-corrected chi connectivity index (χ3v) is 4.64. The molecule has 9 heteroatoms. The van der Waals surface area contributed by atoms with Gasteiger partial charge in [0.15, 0.2) is 5.78 Å². The highest BCUT2D eigenvalue weighted by Gasteiger charge is 2.51. The van der Waals surface area contributed by atoms with Crippen LogP contribution in [0.15, 0.2) is 11.8 Å². The minimum Gasteiger partial charge on any atom is -0.381 e. The van der Waals surface area contributed by atoms with Gasteiger partial charge in [-0.15, -0.1) is 0 Å². The third-order valence-electron chi connectivity index (χ3n) is 3.64. The van der Waals surface area contributed by atoms with Gasteiger partial charge < -0.3 is 4.18 Å². The zero-order valence-corrected chi connectivity index (χ0v) is 11.0. The van der Waals surface area contributed by atoms with Crippen LogP contribution in [-0.4, -0.2) is 25.5 Å². The van der Waals surface area contributed by atoms with Crippen molar-refractivity contribution < 1.29 is 35.4 Å². The van der Waals surface area contributed by atoms with Crippen molar-refractivity contribution in [3.05, 3.63) is 11.8 Å². The number of carbonyl (C=O) groups is 2. The highest BCUT2D eigenvalue weighted by Crippen LogP contribution is 2.45. The van der Waals surface area contributed by atoms with E-state index < -0.39 is 32.6 Å². The number of rotatable bonds is 2.